The van der Waals surface area contributed by atoms with Gasteiger partial charge in [0.05, 0.1) is 46.1 Å². The summed E-state index contributed by atoms with van der Waals surface area (Å²) in [5.41, 5.74) is 6.07. The van der Waals surface area contributed by atoms with Crippen LogP contribution in [0.5, 0.6) is 0 Å². The molecule has 0 aliphatic rings. The van der Waals surface area contributed by atoms with E-state index in [1.165, 1.54) is 0 Å². The third-order valence-corrected chi connectivity index (χ3v) is 7.16. The lowest BCUT2D eigenvalue weighted by Crippen LogP contribution is -2.55. The highest BCUT2D eigenvalue weighted by atomic mass is 16.5. The van der Waals surface area contributed by atoms with Crippen molar-refractivity contribution < 1.29 is 23.5 Å². The molecule has 2 aromatic rings. The molecule has 0 fully saturated rings. The van der Waals surface area contributed by atoms with Gasteiger partial charge in [0.2, 0.25) is 5.91 Å². The van der Waals surface area contributed by atoms with Gasteiger partial charge in [0.1, 0.15) is 6.54 Å². The number of benzene rings is 2. The molecule has 0 heterocycles. The van der Waals surface area contributed by atoms with Crippen LogP contribution in [0.1, 0.15) is 48.9 Å². The molecule has 40 heavy (non-hydrogen) atoms. The predicted octanol–water partition coefficient (Wildman–Crippen LogP) is 4.76. The van der Waals surface area contributed by atoms with E-state index >= 15 is 0 Å². The van der Waals surface area contributed by atoms with Crippen molar-refractivity contribution >= 4 is 23.2 Å². The number of amides is 2. The first-order valence-corrected chi connectivity index (χ1v) is 14.6. The Morgan fingerprint density at radius 3 is 1.65 bits per heavy atom. The fourth-order valence-corrected chi connectivity index (χ4v) is 5.14. The number of hydrogen-bond acceptors (Lipinski definition) is 5. The van der Waals surface area contributed by atoms with Crippen LogP contribution in [0.3, 0.4) is 0 Å². The van der Waals surface area contributed by atoms with Crippen LogP contribution >= 0.6 is 0 Å². The quantitative estimate of drug-likeness (QED) is 0.172. The summed E-state index contributed by atoms with van der Waals surface area (Å²) in [6, 6.07) is 12.0. The van der Waals surface area contributed by atoms with E-state index in [0.29, 0.717) is 39.5 Å². The summed E-state index contributed by atoms with van der Waals surface area (Å²) >= 11 is 0. The highest BCUT2D eigenvalue weighted by Gasteiger charge is 2.29. The molecule has 0 radical (unpaired) electrons. The second kappa shape index (κ2) is 17.8. The molecule has 0 atom stereocenters. The molecule has 8 heteroatoms. The zero-order valence-corrected chi connectivity index (χ0v) is 25.5. The van der Waals surface area contributed by atoms with E-state index in [1.807, 2.05) is 64.1 Å². The van der Waals surface area contributed by atoms with Gasteiger partial charge < -0.3 is 29.9 Å². The molecule has 8 nitrogen and oxygen atoms in total. The molecule has 222 valence electrons. The van der Waals surface area contributed by atoms with Gasteiger partial charge in [-0.05, 0) is 62.8 Å². The van der Waals surface area contributed by atoms with Crippen LogP contribution in [0.15, 0.2) is 36.4 Å². The number of nitrogens with zero attached hydrogens (tertiary/aromatic N) is 1. The van der Waals surface area contributed by atoms with E-state index in [9.17, 15) is 9.59 Å². The molecular formula is C32H51N4O4+. The fourth-order valence-electron chi connectivity index (χ4n) is 5.14. The van der Waals surface area contributed by atoms with Gasteiger partial charge in [0.25, 0.3) is 5.91 Å². The summed E-state index contributed by atoms with van der Waals surface area (Å²) < 4.78 is 12.3. The molecule has 0 aliphatic heterocycles. The Balaban J connectivity index is 1.67. The number of para-hydroxylation sites is 2. The van der Waals surface area contributed by atoms with Crippen LogP contribution < -0.4 is 16.0 Å². The lowest BCUT2D eigenvalue weighted by Gasteiger charge is -2.38. The van der Waals surface area contributed by atoms with Gasteiger partial charge in [0.15, 0.2) is 6.54 Å². The average Bonchev–Trinajstić information content (AvgIpc) is 2.90. The highest BCUT2D eigenvalue weighted by Crippen LogP contribution is 2.21. The Morgan fingerprint density at radius 2 is 1.15 bits per heavy atom. The van der Waals surface area contributed by atoms with Crippen molar-refractivity contribution in [1.82, 2.24) is 5.32 Å². The maximum absolute atomic E-state index is 13.1. The second-order valence-electron chi connectivity index (χ2n) is 10.7. The van der Waals surface area contributed by atoms with Crippen molar-refractivity contribution in [2.75, 3.05) is 76.3 Å². The van der Waals surface area contributed by atoms with Gasteiger partial charge >= 0.3 is 0 Å². The summed E-state index contributed by atoms with van der Waals surface area (Å²) in [6.07, 6.45) is 2.02. The normalized spacial score (nSPS) is 11.4. The predicted molar refractivity (Wildman–Crippen MR) is 164 cm³/mol. The monoisotopic (exact) mass is 555 g/mol. The number of quaternary nitrogens is 1. The van der Waals surface area contributed by atoms with E-state index in [0.717, 1.165) is 70.6 Å². The van der Waals surface area contributed by atoms with E-state index in [-0.39, 0.29) is 18.4 Å². The Labute approximate surface area is 241 Å². The van der Waals surface area contributed by atoms with Crippen molar-refractivity contribution in [3.8, 4) is 0 Å². The zero-order chi connectivity index (χ0) is 29.4. The lowest BCUT2D eigenvalue weighted by atomic mass is 10.1. The number of hydrogen-bond donors (Lipinski definition) is 3. The molecule has 3 N–H and O–H groups in total. The smallest absolute Gasteiger partial charge is 0.279 e. The van der Waals surface area contributed by atoms with E-state index in [4.69, 9.17) is 9.47 Å². The summed E-state index contributed by atoms with van der Waals surface area (Å²) in [7, 11) is 0. The van der Waals surface area contributed by atoms with Crippen molar-refractivity contribution in [3.05, 3.63) is 58.7 Å². The summed E-state index contributed by atoms with van der Waals surface area (Å²) in [5.74, 6) is -0.0120. The largest absolute Gasteiger partial charge is 0.378 e. The van der Waals surface area contributed by atoms with Gasteiger partial charge in [-0.2, -0.15) is 0 Å². The topological polar surface area (TPSA) is 88.7 Å². The molecule has 2 aromatic carbocycles. The average molecular weight is 556 g/mol. The molecule has 0 aliphatic carbocycles. The van der Waals surface area contributed by atoms with Gasteiger partial charge in [-0.25, -0.2) is 0 Å². The lowest BCUT2D eigenvalue weighted by molar-refractivity contribution is -0.921. The molecular weight excluding hydrogens is 504 g/mol. The maximum Gasteiger partial charge on any atom is 0.279 e. The van der Waals surface area contributed by atoms with E-state index in [1.54, 1.807) is 0 Å². The van der Waals surface area contributed by atoms with Crippen LogP contribution in [0.2, 0.25) is 0 Å². The summed E-state index contributed by atoms with van der Waals surface area (Å²) in [5, 5.41) is 9.26. The molecule has 2 amide bonds. The van der Waals surface area contributed by atoms with Gasteiger partial charge in [-0.3, -0.25) is 9.59 Å². The Morgan fingerprint density at radius 1 is 0.675 bits per heavy atom. The number of nitrogens with one attached hydrogen (secondary N) is 3. The van der Waals surface area contributed by atoms with E-state index < -0.39 is 0 Å². The first kappa shape index (κ1) is 33.4. The van der Waals surface area contributed by atoms with Crippen LogP contribution in [0, 0.1) is 27.7 Å². The maximum atomic E-state index is 13.1. The Hall–Kier alpha value is -2.78. The standard InChI is InChI=1S/C32H50N4O4/c1-7-16-36(17-8-2,24-30(38)35-32-27(5)13-10-14-28(32)6)18-20-40-22-21-39-19-15-33-23-29(37)34-31-25(3)11-9-12-26(31)4/h9-14,33H,7-8,15-24H2,1-6H3,(H-,34,35,37,38)/p+1. The third-order valence-electron chi connectivity index (χ3n) is 7.16. The zero-order valence-electron chi connectivity index (χ0n) is 25.5. The van der Waals surface area contributed by atoms with Gasteiger partial charge in [-0.15, -0.1) is 0 Å². The van der Waals surface area contributed by atoms with Crippen molar-refractivity contribution in [2.24, 2.45) is 0 Å². The van der Waals surface area contributed by atoms with Gasteiger partial charge in [0, 0.05) is 17.9 Å². The number of aryl methyl sites for hydroxylation is 4. The second-order valence-corrected chi connectivity index (χ2v) is 10.7. The van der Waals surface area contributed by atoms with Crippen molar-refractivity contribution in [1.29, 1.82) is 0 Å². The molecule has 2 rings (SSSR count). The molecule has 0 spiro atoms. The number of rotatable bonds is 19. The summed E-state index contributed by atoms with van der Waals surface area (Å²) in [4.78, 5) is 25.3. The third kappa shape index (κ3) is 11.4. The molecule has 0 aromatic heterocycles. The molecule has 0 unspecified atom stereocenters. The molecule has 0 saturated heterocycles. The van der Waals surface area contributed by atoms with Crippen LogP contribution in [-0.4, -0.2) is 82.0 Å². The van der Waals surface area contributed by atoms with Crippen molar-refractivity contribution in [2.45, 2.75) is 54.4 Å². The molecule has 0 bridgehead atoms. The first-order valence-electron chi connectivity index (χ1n) is 14.6. The number of ether oxygens (including phenoxy) is 2. The van der Waals surface area contributed by atoms with E-state index in [2.05, 4.69) is 29.8 Å². The first-order chi connectivity index (χ1) is 19.2. The van der Waals surface area contributed by atoms with Crippen LogP contribution in [-0.2, 0) is 19.1 Å². The minimum absolute atomic E-state index is 0.0536. The van der Waals surface area contributed by atoms with Crippen molar-refractivity contribution in [3.63, 3.8) is 0 Å². The molecule has 0 saturated carbocycles. The fraction of sp³-hybridized carbons (Fsp3) is 0.562. The number of anilines is 2. The highest BCUT2D eigenvalue weighted by molar-refractivity contribution is 5.94. The Kier molecular flexibility index (Phi) is 14.9. The van der Waals surface area contributed by atoms with Crippen LogP contribution in [0.4, 0.5) is 11.4 Å². The summed E-state index contributed by atoms with van der Waals surface area (Å²) in [6.45, 7) is 18.4. The number of carbonyl (C=O) groups excluding carboxylic acids is 2. The van der Waals surface area contributed by atoms with Crippen LogP contribution in [0.25, 0.3) is 0 Å². The number of carbonyl (C=O) groups is 2. The minimum Gasteiger partial charge on any atom is -0.378 e. The SMILES string of the molecule is CCC[N+](CCC)(CCOCCOCCNCC(=O)Nc1c(C)cccc1C)CC(=O)Nc1c(C)cccc1C. The minimum atomic E-state index is -0.0655. The Bertz CT molecular complexity index is 1030. The van der Waals surface area contributed by atoms with Gasteiger partial charge in [-0.1, -0.05) is 50.2 Å².